The number of nitrogens with zero attached hydrogens (tertiary/aromatic N) is 3. The van der Waals surface area contributed by atoms with E-state index in [1.165, 1.54) is 5.56 Å². The Bertz CT molecular complexity index is 584. The smallest absolute Gasteiger partial charge is 0.113 e. The molecule has 3 rings (SSSR count). The van der Waals surface area contributed by atoms with Crippen LogP contribution in [0.25, 0.3) is 11.3 Å². The minimum atomic E-state index is 0.762. The highest BCUT2D eigenvalue weighted by Gasteiger charge is 2.04. The number of benzene rings is 1. The Balaban J connectivity index is 1.82. The molecule has 84 valence electrons. The summed E-state index contributed by atoms with van der Waals surface area (Å²) in [6.45, 7) is 0.762. The minimum absolute atomic E-state index is 0.762. The van der Waals surface area contributed by atoms with Gasteiger partial charge in [0.25, 0.3) is 0 Å². The van der Waals surface area contributed by atoms with E-state index in [0.717, 1.165) is 17.8 Å². The topological polar surface area (TPSA) is 30.7 Å². The Morgan fingerprint density at radius 1 is 1.12 bits per heavy atom. The monoisotopic (exact) mass is 241 g/mol. The van der Waals surface area contributed by atoms with Crippen molar-refractivity contribution >= 4 is 11.3 Å². The van der Waals surface area contributed by atoms with Crippen LogP contribution >= 0.6 is 11.3 Å². The van der Waals surface area contributed by atoms with Gasteiger partial charge in [0.1, 0.15) is 5.69 Å². The van der Waals surface area contributed by atoms with Crippen LogP contribution in [-0.4, -0.2) is 15.0 Å². The number of aromatic nitrogens is 3. The van der Waals surface area contributed by atoms with Crippen LogP contribution in [0.5, 0.6) is 0 Å². The molecule has 0 saturated carbocycles. The lowest BCUT2D eigenvalue weighted by Crippen LogP contribution is -1.99. The third-order valence-electron chi connectivity index (χ3n) is 2.54. The second-order valence-electron chi connectivity index (χ2n) is 3.80. The number of rotatable bonds is 3. The highest BCUT2D eigenvalue weighted by atomic mass is 32.1. The molecule has 2 heterocycles. The molecule has 0 aliphatic carbocycles. The molecule has 3 nitrogen and oxygen atoms in total. The summed E-state index contributed by atoms with van der Waals surface area (Å²) in [7, 11) is 0. The van der Waals surface area contributed by atoms with E-state index in [0.29, 0.717) is 0 Å². The molecule has 0 unspecified atom stereocenters. The highest BCUT2D eigenvalue weighted by Crippen LogP contribution is 2.19. The van der Waals surface area contributed by atoms with Crippen LogP contribution in [0.1, 0.15) is 5.56 Å². The van der Waals surface area contributed by atoms with Crippen LogP contribution < -0.4 is 0 Å². The van der Waals surface area contributed by atoms with E-state index in [-0.39, 0.29) is 0 Å². The van der Waals surface area contributed by atoms with Gasteiger partial charge in [0.05, 0.1) is 12.7 Å². The molecule has 0 atom stereocenters. The van der Waals surface area contributed by atoms with Crippen molar-refractivity contribution in [2.45, 2.75) is 6.54 Å². The van der Waals surface area contributed by atoms with Crippen LogP contribution in [-0.2, 0) is 6.54 Å². The molecular weight excluding hydrogens is 230 g/mol. The Hall–Kier alpha value is -1.94. The first-order valence-electron chi connectivity index (χ1n) is 5.38. The molecule has 1 aromatic carbocycles. The van der Waals surface area contributed by atoms with Gasteiger partial charge >= 0.3 is 0 Å². The SMILES string of the molecule is c1ccc(Cn2cc(-c3ccsc3)nn2)cc1. The highest BCUT2D eigenvalue weighted by molar-refractivity contribution is 7.08. The van der Waals surface area contributed by atoms with Gasteiger partial charge in [-0.2, -0.15) is 11.3 Å². The van der Waals surface area contributed by atoms with Crippen LogP contribution in [0, 0.1) is 0 Å². The van der Waals surface area contributed by atoms with E-state index in [9.17, 15) is 0 Å². The largest absolute Gasteiger partial charge is 0.247 e. The van der Waals surface area contributed by atoms with Crippen LogP contribution in [0.2, 0.25) is 0 Å². The molecule has 2 aromatic heterocycles. The molecule has 0 bridgehead atoms. The Morgan fingerprint density at radius 2 is 2.00 bits per heavy atom. The van der Waals surface area contributed by atoms with E-state index >= 15 is 0 Å². The molecule has 0 aliphatic heterocycles. The standard InChI is InChI=1S/C13H11N3S/c1-2-4-11(5-3-1)8-16-9-13(14-15-16)12-6-7-17-10-12/h1-7,9-10H,8H2. The molecule has 0 fully saturated rings. The van der Waals surface area contributed by atoms with Gasteiger partial charge in [-0.15, -0.1) is 5.10 Å². The van der Waals surface area contributed by atoms with Gasteiger partial charge in [-0.3, -0.25) is 0 Å². The lowest BCUT2D eigenvalue weighted by atomic mass is 10.2. The summed E-state index contributed by atoms with van der Waals surface area (Å²) >= 11 is 1.67. The Labute approximate surface area is 103 Å². The first-order valence-corrected chi connectivity index (χ1v) is 6.33. The summed E-state index contributed by atoms with van der Waals surface area (Å²) in [6, 6.07) is 12.3. The first-order chi connectivity index (χ1) is 8.42. The molecule has 0 aliphatic rings. The lowest BCUT2D eigenvalue weighted by Gasteiger charge is -1.99. The van der Waals surface area contributed by atoms with Crippen LogP contribution in [0.15, 0.2) is 53.4 Å². The third-order valence-corrected chi connectivity index (χ3v) is 3.23. The van der Waals surface area contributed by atoms with Crippen molar-refractivity contribution < 1.29 is 0 Å². The van der Waals surface area contributed by atoms with Crippen molar-refractivity contribution in [2.24, 2.45) is 0 Å². The predicted molar refractivity (Wildman–Crippen MR) is 68.9 cm³/mol. The van der Waals surface area contributed by atoms with E-state index in [4.69, 9.17) is 0 Å². The van der Waals surface area contributed by atoms with Crippen molar-refractivity contribution in [3.05, 3.63) is 58.9 Å². The summed E-state index contributed by atoms with van der Waals surface area (Å²) in [6.07, 6.45) is 1.98. The predicted octanol–water partition coefficient (Wildman–Crippen LogP) is 3.05. The normalized spacial score (nSPS) is 10.6. The molecule has 17 heavy (non-hydrogen) atoms. The van der Waals surface area contributed by atoms with Crippen LogP contribution in [0.3, 0.4) is 0 Å². The zero-order valence-corrected chi connectivity index (χ0v) is 9.97. The van der Waals surface area contributed by atoms with Crippen molar-refractivity contribution in [3.8, 4) is 11.3 Å². The molecule has 0 radical (unpaired) electrons. The Kier molecular flexibility index (Phi) is 2.71. The molecule has 0 spiro atoms. The average Bonchev–Trinajstić information content (AvgIpc) is 3.00. The van der Waals surface area contributed by atoms with Gasteiger partial charge in [0.2, 0.25) is 0 Å². The fraction of sp³-hybridized carbons (Fsp3) is 0.0769. The fourth-order valence-corrected chi connectivity index (χ4v) is 2.34. The van der Waals surface area contributed by atoms with Gasteiger partial charge in [-0.1, -0.05) is 35.5 Å². The fourth-order valence-electron chi connectivity index (χ4n) is 1.69. The van der Waals surface area contributed by atoms with Gasteiger partial charge in [-0.05, 0) is 17.0 Å². The maximum atomic E-state index is 4.17. The molecule has 0 saturated heterocycles. The molecule has 0 amide bonds. The number of hydrogen-bond donors (Lipinski definition) is 0. The van der Waals surface area contributed by atoms with Gasteiger partial charge in [0, 0.05) is 10.9 Å². The second-order valence-corrected chi connectivity index (χ2v) is 4.58. The molecular formula is C13H11N3S. The number of thiophene rings is 1. The van der Waals surface area contributed by atoms with Gasteiger partial charge in [0.15, 0.2) is 0 Å². The summed E-state index contributed by atoms with van der Waals surface area (Å²) in [4.78, 5) is 0. The van der Waals surface area contributed by atoms with Crippen molar-refractivity contribution in [3.63, 3.8) is 0 Å². The summed E-state index contributed by atoms with van der Waals surface area (Å²) in [5, 5.41) is 12.4. The summed E-state index contributed by atoms with van der Waals surface area (Å²) in [5.74, 6) is 0. The maximum absolute atomic E-state index is 4.17. The maximum Gasteiger partial charge on any atom is 0.113 e. The summed E-state index contributed by atoms with van der Waals surface area (Å²) < 4.78 is 1.86. The third kappa shape index (κ3) is 2.26. The average molecular weight is 241 g/mol. The zero-order valence-electron chi connectivity index (χ0n) is 9.15. The van der Waals surface area contributed by atoms with E-state index in [1.54, 1.807) is 11.3 Å². The minimum Gasteiger partial charge on any atom is -0.247 e. The quantitative estimate of drug-likeness (QED) is 0.705. The van der Waals surface area contributed by atoms with Crippen LogP contribution in [0.4, 0.5) is 0 Å². The first kappa shape index (κ1) is 10.2. The van der Waals surface area contributed by atoms with E-state index in [1.807, 2.05) is 34.5 Å². The zero-order chi connectivity index (χ0) is 11.5. The van der Waals surface area contributed by atoms with Crippen molar-refractivity contribution in [2.75, 3.05) is 0 Å². The lowest BCUT2D eigenvalue weighted by molar-refractivity contribution is 0.650. The number of hydrogen-bond acceptors (Lipinski definition) is 3. The Morgan fingerprint density at radius 3 is 2.76 bits per heavy atom. The van der Waals surface area contributed by atoms with Crippen molar-refractivity contribution in [1.82, 2.24) is 15.0 Å². The van der Waals surface area contributed by atoms with Crippen molar-refractivity contribution in [1.29, 1.82) is 0 Å². The van der Waals surface area contributed by atoms with E-state index in [2.05, 4.69) is 33.9 Å². The van der Waals surface area contributed by atoms with Gasteiger partial charge < -0.3 is 0 Å². The van der Waals surface area contributed by atoms with Gasteiger partial charge in [-0.25, -0.2) is 4.68 Å². The molecule has 0 N–H and O–H groups in total. The summed E-state index contributed by atoms with van der Waals surface area (Å²) in [5.41, 5.74) is 3.30. The van der Waals surface area contributed by atoms with E-state index < -0.39 is 0 Å². The second kappa shape index (κ2) is 4.51. The molecule has 4 heteroatoms. The molecule has 3 aromatic rings.